The first-order valence-corrected chi connectivity index (χ1v) is 9.79. The summed E-state index contributed by atoms with van der Waals surface area (Å²) in [6, 6.07) is 18.7. The van der Waals surface area contributed by atoms with Gasteiger partial charge in [-0.25, -0.2) is 4.98 Å². The zero-order valence-corrected chi connectivity index (χ0v) is 15.1. The average molecular weight is 357 g/mol. The van der Waals surface area contributed by atoms with Crippen LogP contribution >= 0.6 is 11.3 Å². The maximum atomic E-state index is 10.1. The summed E-state index contributed by atoms with van der Waals surface area (Å²) < 4.78 is 14.8. The number of fused-ring (bicyclic) bond motifs is 1. The summed E-state index contributed by atoms with van der Waals surface area (Å²) in [7, 11) is 0. The lowest BCUT2D eigenvalue weighted by Crippen LogP contribution is -2.03. The second-order valence-corrected chi connectivity index (χ2v) is 7.22. The third kappa shape index (κ3) is 4.58. The van der Waals surface area contributed by atoms with Crippen molar-refractivity contribution in [1.29, 1.82) is 0 Å². The number of nitrogens with zero attached hydrogens (tertiary/aromatic N) is 2. The van der Waals surface area contributed by atoms with E-state index in [0.717, 1.165) is 16.1 Å². The highest BCUT2D eigenvalue weighted by Gasteiger charge is 2.14. The van der Waals surface area contributed by atoms with E-state index in [1.807, 2.05) is 24.3 Å². The van der Waals surface area contributed by atoms with Gasteiger partial charge in [0.05, 0.1) is 10.2 Å². The number of hydrogen-bond donors (Lipinski definition) is 0. The molecule has 4 rings (SSSR count). The number of para-hydroxylation sites is 1. The van der Waals surface area contributed by atoms with Gasteiger partial charge in [-0.3, -0.25) is 0 Å². The monoisotopic (exact) mass is 356 g/mol. The van der Waals surface area contributed by atoms with Crippen LogP contribution in [0.1, 0.15) is 43.6 Å². The van der Waals surface area contributed by atoms with Crippen LogP contribution in [0.4, 0.5) is 5.13 Å². The molecule has 1 aliphatic rings. The van der Waals surface area contributed by atoms with E-state index in [0.29, 0.717) is 5.13 Å². The Bertz CT molecular complexity index is 787. The first-order chi connectivity index (χ1) is 11.9. The zero-order valence-electron chi connectivity index (χ0n) is 13.4. The SMILES string of the molecule is O=S=Nc1nc2ccccc2s1.c1ccc(C2CCCCC2)cc1. The number of aromatic nitrogens is 1. The summed E-state index contributed by atoms with van der Waals surface area (Å²) in [5.41, 5.74) is 2.45. The van der Waals surface area contributed by atoms with Crippen LogP contribution in [-0.2, 0) is 11.5 Å². The molecule has 124 valence electrons. The highest BCUT2D eigenvalue weighted by Crippen LogP contribution is 2.32. The third-order valence-corrected chi connectivity index (χ3v) is 5.57. The number of hydrogen-bond acceptors (Lipinski definition) is 4. The molecule has 0 N–H and O–H groups in total. The molecule has 1 aliphatic carbocycles. The summed E-state index contributed by atoms with van der Waals surface area (Å²) in [5, 5.41) is 0.538. The van der Waals surface area contributed by atoms with Crippen LogP contribution in [0.3, 0.4) is 0 Å². The van der Waals surface area contributed by atoms with E-state index >= 15 is 0 Å². The molecule has 0 saturated heterocycles. The molecule has 24 heavy (non-hydrogen) atoms. The van der Waals surface area contributed by atoms with Crippen LogP contribution in [0, 0.1) is 0 Å². The molecule has 2 aromatic carbocycles. The van der Waals surface area contributed by atoms with Crippen LogP contribution in [-0.4, -0.2) is 9.19 Å². The van der Waals surface area contributed by atoms with E-state index < -0.39 is 0 Å². The maximum Gasteiger partial charge on any atom is 0.224 e. The molecule has 0 radical (unpaired) electrons. The van der Waals surface area contributed by atoms with Crippen molar-refractivity contribution in [3.05, 3.63) is 60.2 Å². The van der Waals surface area contributed by atoms with Gasteiger partial charge >= 0.3 is 0 Å². The van der Waals surface area contributed by atoms with Crippen molar-refractivity contribution in [1.82, 2.24) is 4.98 Å². The summed E-state index contributed by atoms with van der Waals surface area (Å²) in [6.07, 6.45) is 7.12. The molecule has 0 aliphatic heterocycles. The first-order valence-electron chi connectivity index (χ1n) is 8.27. The van der Waals surface area contributed by atoms with E-state index in [1.54, 1.807) is 5.56 Å². The quantitative estimate of drug-likeness (QED) is 0.560. The van der Waals surface area contributed by atoms with Gasteiger partial charge in [-0.05, 0) is 36.5 Å². The molecule has 3 aromatic rings. The van der Waals surface area contributed by atoms with Gasteiger partial charge in [0.15, 0.2) is 0 Å². The Kier molecular flexibility index (Phi) is 6.26. The van der Waals surface area contributed by atoms with Crippen LogP contribution in [0.25, 0.3) is 10.2 Å². The molecule has 1 heterocycles. The Morgan fingerprint density at radius 3 is 2.38 bits per heavy atom. The maximum absolute atomic E-state index is 10.1. The Labute approximate surface area is 150 Å². The molecule has 0 atom stereocenters. The van der Waals surface area contributed by atoms with E-state index in [2.05, 4.69) is 39.7 Å². The highest BCUT2D eigenvalue weighted by atomic mass is 32.1. The van der Waals surface area contributed by atoms with Crippen molar-refractivity contribution in [2.24, 2.45) is 4.36 Å². The smallest absolute Gasteiger partial charge is 0.217 e. The fraction of sp³-hybridized carbons (Fsp3) is 0.316. The highest BCUT2D eigenvalue weighted by molar-refractivity contribution is 7.55. The Morgan fingerprint density at radius 1 is 0.958 bits per heavy atom. The van der Waals surface area contributed by atoms with Gasteiger partial charge in [0.25, 0.3) is 0 Å². The van der Waals surface area contributed by atoms with Gasteiger partial charge < -0.3 is 0 Å². The first kappa shape index (κ1) is 17.0. The van der Waals surface area contributed by atoms with E-state index in [-0.39, 0.29) is 11.5 Å². The largest absolute Gasteiger partial charge is 0.224 e. The Hall–Kier alpha value is -1.85. The molecule has 1 aromatic heterocycles. The molecule has 0 spiro atoms. The lowest BCUT2D eigenvalue weighted by Gasteiger charge is -2.21. The van der Waals surface area contributed by atoms with Crippen molar-refractivity contribution >= 4 is 38.1 Å². The molecule has 1 saturated carbocycles. The van der Waals surface area contributed by atoms with Crippen LogP contribution < -0.4 is 0 Å². The second kappa shape index (κ2) is 8.85. The Morgan fingerprint density at radius 2 is 1.67 bits per heavy atom. The molecule has 0 unspecified atom stereocenters. The number of benzene rings is 2. The molecule has 0 amide bonds. The summed E-state index contributed by atoms with van der Waals surface area (Å²) in [4.78, 5) is 4.13. The van der Waals surface area contributed by atoms with Crippen LogP contribution in [0.2, 0.25) is 0 Å². The Balaban J connectivity index is 0.000000141. The molecule has 1 fully saturated rings. The summed E-state index contributed by atoms with van der Waals surface area (Å²) in [6.45, 7) is 0. The molecular formula is C19H20N2OS2. The van der Waals surface area contributed by atoms with Crippen LogP contribution in [0.5, 0.6) is 0 Å². The number of thiazole rings is 1. The predicted octanol–water partition coefficient (Wildman–Crippen LogP) is 6.06. The lowest BCUT2D eigenvalue weighted by atomic mass is 9.84. The average Bonchev–Trinajstić information content (AvgIpc) is 3.07. The predicted molar refractivity (Wildman–Crippen MR) is 102 cm³/mol. The van der Waals surface area contributed by atoms with Crippen molar-refractivity contribution in [2.75, 3.05) is 0 Å². The van der Waals surface area contributed by atoms with E-state index in [1.165, 1.54) is 43.4 Å². The van der Waals surface area contributed by atoms with E-state index in [4.69, 9.17) is 0 Å². The normalized spacial score (nSPS) is 14.7. The summed E-state index contributed by atoms with van der Waals surface area (Å²) in [5.74, 6) is 0.861. The minimum atomic E-state index is 0.193. The standard InChI is InChI=1S/C12H16.C7H4N2OS2/c1-3-7-11(8-4-1)12-9-5-2-6-10-12;10-12-9-7-8-5-3-1-2-4-6(5)11-7/h1,3-4,7-8,12H,2,5-6,9-10H2;1-4H. The minimum Gasteiger partial charge on any atom is -0.217 e. The van der Waals surface area contributed by atoms with Gasteiger partial charge in [-0.2, -0.15) is 4.21 Å². The zero-order chi connectivity index (χ0) is 16.6. The van der Waals surface area contributed by atoms with Crippen molar-refractivity contribution in [3.8, 4) is 0 Å². The van der Waals surface area contributed by atoms with Crippen molar-refractivity contribution in [3.63, 3.8) is 0 Å². The van der Waals surface area contributed by atoms with Gasteiger partial charge in [0.1, 0.15) is 0 Å². The van der Waals surface area contributed by atoms with Crippen LogP contribution in [0.15, 0.2) is 59.0 Å². The molecule has 0 bridgehead atoms. The lowest BCUT2D eigenvalue weighted by molar-refractivity contribution is 0.443. The van der Waals surface area contributed by atoms with E-state index in [9.17, 15) is 4.21 Å². The topological polar surface area (TPSA) is 42.3 Å². The minimum absolute atomic E-state index is 0.193. The van der Waals surface area contributed by atoms with Crippen molar-refractivity contribution in [2.45, 2.75) is 38.0 Å². The van der Waals surface area contributed by atoms with Crippen molar-refractivity contribution < 1.29 is 4.21 Å². The third-order valence-electron chi connectivity index (χ3n) is 4.27. The fourth-order valence-corrected chi connectivity index (χ4v) is 4.14. The summed E-state index contributed by atoms with van der Waals surface area (Å²) >= 11 is 1.62. The van der Waals surface area contributed by atoms with Gasteiger partial charge in [0.2, 0.25) is 16.6 Å². The molecular weight excluding hydrogens is 336 g/mol. The number of rotatable bonds is 2. The molecule has 3 nitrogen and oxygen atoms in total. The second-order valence-electron chi connectivity index (χ2n) is 5.88. The van der Waals surface area contributed by atoms with Gasteiger partial charge in [0, 0.05) is 0 Å². The molecule has 5 heteroatoms. The fourth-order valence-electron chi connectivity index (χ4n) is 3.09. The van der Waals surface area contributed by atoms with Gasteiger partial charge in [-0.1, -0.05) is 73.1 Å². The van der Waals surface area contributed by atoms with Gasteiger partial charge in [-0.15, -0.1) is 4.36 Å².